The van der Waals surface area contributed by atoms with Gasteiger partial charge in [-0.15, -0.1) is 11.3 Å². The summed E-state index contributed by atoms with van der Waals surface area (Å²) in [4.78, 5) is 23.6. The van der Waals surface area contributed by atoms with Crippen molar-refractivity contribution < 1.29 is 14.5 Å². The van der Waals surface area contributed by atoms with Crippen LogP contribution in [0.25, 0.3) is 10.4 Å². The maximum Gasteiger partial charge on any atom is 0.340 e. The molecule has 0 fully saturated rings. The third-order valence-corrected chi connectivity index (χ3v) is 5.41. The average molecular weight is 428 g/mol. The molecular formula is C20H17N3O4S2. The minimum absolute atomic E-state index is 0.0429. The molecule has 1 aromatic heterocycles. The van der Waals surface area contributed by atoms with E-state index in [0.29, 0.717) is 16.3 Å². The van der Waals surface area contributed by atoms with E-state index in [1.54, 1.807) is 12.1 Å². The Balaban J connectivity index is 1.86. The molecule has 0 saturated heterocycles. The molecular weight excluding hydrogens is 410 g/mol. The summed E-state index contributed by atoms with van der Waals surface area (Å²) in [6, 6.07) is 15.9. The van der Waals surface area contributed by atoms with Crippen molar-refractivity contribution in [2.24, 2.45) is 0 Å². The summed E-state index contributed by atoms with van der Waals surface area (Å²) >= 11 is 6.72. The number of anilines is 2. The number of nitro groups is 1. The normalized spacial score (nSPS) is 10.3. The van der Waals surface area contributed by atoms with Gasteiger partial charge in [0.2, 0.25) is 0 Å². The van der Waals surface area contributed by atoms with Crippen molar-refractivity contribution in [1.29, 1.82) is 0 Å². The molecule has 2 aromatic carbocycles. The Labute approximate surface area is 176 Å². The summed E-state index contributed by atoms with van der Waals surface area (Å²) in [5.41, 5.74) is 2.58. The van der Waals surface area contributed by atoms with Crippen LogP contribution in [0.2, 0.25) is 0 Å². The lowest BCUT2D eigenvalue weighted by Crippen LogP contribution is -2.20. The highest BCUT2D eigenvalue weighted by Crippen LogP contribution is 2.36. The molecule has 0 unspecified atom stereocenters. The van der Waals surface area contributed by atoms with Gasteiger partial charge >= 0.3 is 5.97 Å². The summed E-state index contributed by atoms with van der Waals surface area (Å²) in [5, 5.41) is 17.7. The highest BCUT2D eigenvalue weighted by Gasteiger charge is 2.19. The van der Waals surface area contributed by atoms with Gasteiger partial charge in [0.15, 0.2) is 5.11 Å². The molecule has 0 aliphatic heterocycles. The number of non-ortho nitro benzene ring substituents is 1. The number of hydrogen-bond acceptors (Lipinski definition) is 6. The lowest BCUT2D eigenvalue weighted by molar-refractivity contribution is -0.384. The molecule has 0 atom stereocenters. The van der Waals surface area contributed by atoms with Gasteiger partial charge in [-0.1, -0.05) is 36.4 Å². The number of nitrogens with zero attached hydrogens (tertiary/aromatic N) is 1. The molecule has 0 aliphatic rings. The van der Waals surface area contributed by atoms with Crippen LogP contribution in [0.1, 0.15) is 15.9 Å². The number of carbonyl (C=O) groups excluding carboxylic acids is 1. The largest absolute Gasteiger partial charge is 0.465 e. The Morgan fingerprint density at radius 3 is 2.52 bits per heavy atom. The Morgan fingerprint density at radius 1 is 1.14 bits per heavy atom. The first-order valence-corrected chi connectivity index (χ1v) is 9.72. The quantitative estimate of drug-likeness (QED) is 0.249. The number of nitro benzene ring substituents is 1. The van der Waals surface area contributed by atoms with E-state index in [2.05, 4.69) is 10.6 Å². The number of rotatable bonds is 5. The second-order valence-electron chi connectivity index (χ2n) is 6.05. The minimum atomic E-state index is -0.486. The number of nitrogens with one attached hydrogen (secondary N) is 2. The fourth-order valence-electron chi connectivity index (χ4n) is 2.61. The van der Waals surface area contributed by atoms with Gasteiger partial charge < -0.3 is 15.4 Å². The first kappa shape index (κ1) is 20.4. The number of esters is 1. The molecule has 0 bridgehead atoms. The number of hydrogen-bond donors (Lipinski definition) is 2. The molecule has 29 heavy (non-hydrogen) atoms. The van der Waals surface area contributed by atoms with Crippen molar-refractivity contribution in [2.45, 2.75) is 6.92 Å². The third kappa shape index (κ3) is 4.76. The van der Waals surface area contributed by atoms with E-state index in [0.717, 1.165) is 16.0 Å². The summed E-state index contributed by atoms with van der Waals surface area (Å²) in [6.45, 7) is 1.81. The number of ether oxygens (including phenoxy) is 1. The zero-order valence-corrected chi connectivity index (χ0v) is 17.2. The van der Waals surface area contributed by atoms with Gasteiger partial charge in [0, 0.05) is 22.7 Å². The highest BCUT2D eigenvalue weighted by atomic mass is 32.1. The maximum atomic E-state index is 12.2. The van der Waals surface area contributed by atoms with E-state index in [1.807, 2.05) is 37.3 Å². The first-order chi connectivity index (χ1) is 13.9. The molecule has 0 radical (unpaired) electrons. The molecule has 0 amide bonds. The van der Waals surface area contributed by atoms with E-state index >= 15 is 0 Å². The molecule has 3 aromatic rings. The van der Waals surface area contributed by atoms with Gasteiger partial charge in [0.25, 0.3) is 5.69 Å². The predicted octanol–water partition coefficient (Wildman–Crippen LogP) is 5.23. The highest BCUT2D eigenvalue weighted by molar-refractivity contribution is 7.80. The van der Waals surface area contributed by atoms with Crippen LogP contribution in [0.4, 0.5) is 16.4 Å². The third-order valence-electron chi connectivity index (χ3n) is 4.10. The summed E-state index contributed by atoms with van der Waals surface area (Å²) < 4.78 is 4.88. The van der Waals surface area contributed by atoms with E-state index in [1.165, 1.54) is 30.6 Å². The topological polar surface area (TPSA) is 93.5 Å². The minimum Gasteiger partial charge on any atom is -0.465 e. The van der Waals surface area contributed by atoms with Crippen molar-refractivity contribution >= 4 is 51.0 Å². The van der Waals surface area contributed by atoms with Crippen LogP contribution in [-0.4, -0.2) is 23.1 Å². The second-order valence-corrected chi connectivity index (χ2v) is 7.51. The van der Waals surface area contributed by atoms with Crippen LogP contribution < -0.4 is 10.6 Å². The van der Waals surface area contributed by atoms with Crippen molar-refractivity contribution in [2.75, 3.05) is 17.7 Å². The second kappa shape index (κ2) is 8.80. The Kier molecular flexibility index (Phi) is 6.20. The first-order valence-electron chi connectivity index (χ1n) is 8.49. The lowest BCUT2D eigenvalue weighted by Gasteiger charge is -2.12. The van der Waals surface area contributed by atoms with Gasteiger partial charge in [-0.3, -0.25) is 10.1 Å². The van der Waals surface area contributed by atoms with Gasteiger partial charge in [-0.05, 0) is 36.3 Å². The number of benzene rings is 2. The molecule has 0 spiro atoms. The fraction of sp³-hybridized carbons (Fsp3) is 0.100. The average Bonchev–Trinajstić information content (AvgIpc) is 3.13. The van der Waals surface area contributed by atoms with Crippen LogP contribution in [-0.2, 0) is 4.74 Å². The smallest absolute Gasteiger partial charge is 0.340 e. The standard InChI is InChI=1S/C20H17N3O4S2/c1-12-8-9-14(23(25)26)10-16(12)21-20(28)22-18-15(19(24)27-2)11-17(29-18)13-6-4-3-5-7-13/h3-11H,1-2H3,(H2,21,22,28). The van der Waals surface area contributed by atoms with Crippen molar-refractivity contribution in [3.63, 3.8) is 0 Å². The summed E-state index contributed by atoms with van der Waals surface area (Å²) in [5.74, 6) is -0.486. The number of aryl methyl sites for hydroxylation is 1. The molecule has 148 valence electrons. The zero-order valence-electron chi connectivity index (χ0n) is 15.6. The molecule has 1 heterocycles. The zero-order chi connectivity index (χ0) is 21.0. The van der Waals surface area contributed by atoms with E-state index in [9.17, 15) is 14.9 Å². The van der Waals surface area contributed by atoms with E-state index in [4.69, 9.17) is 17.0 Å². The Bertz CT molecular complexity index is 1080. The SMILES string of the molecule is COC(=O)c1cc(-c2ccccc2)sc1NC(=S)Nc1cc([N+](=O)[O-])ccc1C. The monoisotopic (exact) mass is 427 g/mol. The van der Waals surface area contributed by atoms with Crippen molar-refractivity contribution in [3.8, 4) is 10.4 Å². The van der Waals surface area contributed by atoms with Crippen LogP contribution >= 0.6 is 23.6 Å². The predicted molar refractivity (Wildman–Crippen MR) is 119 cm³/mol. The van der Waals surface area contributed by atoms with Gasteiger partial charge in [0.05, 0.1) is 17.6 Å². The number of thiophene rings is 1. The number of methoxy groups -OCH3 is 1. The molecule has 2 N–H and O–H groups in total. The van der Waals surface area contributed by atoms with E-state index < -0.39 is 10.9 Å². The van der Waals surface area contributed by atoms with Gasteiger partial charge in [-0.2, -0.15) is 0 Å². The van der Waals surface area contributed by atoms with Crippen molar-refractivity contribution in [3.05, 3.63) is 75.8 Å². The molecule has 3 rings (SSSR count). The Morgan fingerprint density at radius 2 is 1.86 bits per heavy atom. The summed E-state index contributed by atoms with van der Waals surface area (Å²) in [6.07, 6.45) is 0. The molecule has 0 saturated carbocycles. The lowest BCUT2D eigenvalue weighted by atomic mass is 10.1. The molecule has 0 aliphatic carbocycles. The summed E-state index contributed by atoms with van der Waals surface area (Å²) in [7, 11) is 1.31. The van der Waals surface area contributed by atoms with Crippen LogP contribution in [0.15, 0.2) is 54.6 Å². The Hall–Kier alpha value is -3.30. The fourth-order valence-corrected chi connectivity index (χ4v) is 3.94. The maximum absolute atomic E-state index is 12.2. The van der Waals surface area contributed by atoms with Crippen molar-refractivity contribution in [1.82, 2.24) is 0 Å². The van der Waals surface area contributed by atoms with Crippen LogP contribution in [0.5, 0.6) is 0 Å². The van der Waals surface area contributed by atoms with Crippen LogP contribution in [0.3, 0.4) is 0 Å². The van der Waals surface area contributed by atoms with E-state index in [-0.39, 0.29) is 10.8 Å². The van der Waals surface area contributed by atoms with Gasteiger partial charge in [-0.25, -0.2) is 4.79 Å². The van der Waals surface area contributed by atoms with Crippen LogP contribution in [0, 0.1) is 17.0 Å². The number of thiocarbonyl (C=S) groups is 1. The molecule has 9 heteroatoms. The van der Waals surface area contributed by atoms with Gasteiger partial charge in [0.1, 0.15) is 5.00 Å². The molecule has 7 nitrogen and oxygen atoms in total. The number of carbonyl (C=O) groups is 1.